The van der Waals surface area contributed by atoms with Gasteiger partial charge in [-0.1, -0.05) is 71.0 Å². The predicted molar refractivity (Wildman–Crippen MR) is 190 cm³/mol. The Morgan fingerprint density at radius 3 is 2.33 bits per heavy atom. The molecular formula is C35H43BrClN5O6S3. The van der Waals surface area contributed by atoms with Gasteiger partial charge in [0, 0.05) is 37.5 Å². The Hall–Kier alpha value is -3.34. The first-order valence-electron chi connectivity index (χ1n) is 16.1. The molecule has 4 aromatic heterocycles. The van der Waals surface area contributed by atoms with E-state index in [0.717, 1.165) is 49.1 Å². The van der Waals surface area contributed by atoms with Crippen molar-refractivity contribution in [3.63, 3.8) is 0 Å². The van der Waals surface area contributed by atoms with Crippen LogP contribution < -0.4 is 43.8 Å². The van der Waals surface area contributed by atoms with Crippen LogP contribution in [0.5, 0.6) is 0 Å². The predicted octanol–water partition coefficient (Wildman–Crippen LogP) is -0.162. The summed E-state index contributed by atoms with van der Waals surface area (Å²) in [4.78, 5) is 42.7. The quantitative estimate of drug-likeness (QED) is 0.0606. The lowest BCUT2D eigenvalue weighted by atomic mass is 10.1. The smallest absolute Gasteiger partial charge is 0.311 e. The van der Waals surface area contributed by atoms with Gasteiger partial charge in [0.05, 0.1) is 28.5 Å². The second-order valence-electron chi connectivity index (χ2n) is 11.3. The number of carbonyl (C=O) groups excluding carboxylic acids is 3. The minimum absolute atomic E-state index is 0. The largest absolute Gasteiger partial charge is 1.00 e. The summed E-state index contributed by atoms with van der Waals surface area (Å²) < 4.78 is 14.0. The minimum Gasteiger partial charge on any atom is -1.00 e. The molecule has 5 rings (SSSR count). The molecule has 0 aliphatic carbocycles. The number of aromatic nitrogens is 4. The summed E-state index contributed by atoms with van der Waals surface area (Å²) in [5.41, 5.74) is 8.37. The van der Waals surface area contributed by atoms with Crippen LogP contribution in [-0.2, 0) is 40.3 Å². The molecule has 0 unspecified atom stereocenters. The number of anilines is 1. The molecule has 1 amide bonds. The van der Waals surface area contributed by atoms with Crippen LogP contribution >= 0.6 is 34.0 Å². The molecule has 11 nitrogen and oxygen atoms in total. The van der Waals surface area contributed by atoms with Crippen molar-refractivity contribution in [1.29, 1.82) is 0 Å². The second kappa shape index (κ2) is 22.6. The number of halogens is 2. The van der Waals surface area contributed by atoms with Crippen LogP contribution in [0, 0.1) is 20.8 Å². The summed E-state index contributed by atoms with van der Waals surface area (Å²) in [6.07, 6.45) is 5.31. The summed E-state index contributed by atoms with van der Waals surface area (Å²) in [6, 6.07) is 11.4. The Bertz CT molecular complexity index is 1820. The average Bonchev–Trinajstić information content (AvgIpc) is 3.89. The van der Waals surface area contributed by atoms with Crippen LogP contribution in [-0.4, -0.2) is 46.1 Å². The zero-order valence-electron chi connectivity index (χ0n) is 29.0. The van der Waals surface area contributed by atoms with Crippen molar-refractivity contribution in [1.82, 2.24) is 10.1 Å². The number of aliphatic hydroxyl groups is 1. The fraction of sp³-hybridized carbons (Fsp3) is 0.400. The van der Waals surface area contributed by atoms with Crippen LogP contribution in [0.4, 0.5) is 5.13 Å². The van der Waals surface area contributed by atoms with Crippen LogP contribution in [0.15, 0.2) is 57.3 Å². The van der Waals surface area contributed by atoms with Gasteiger partial charge in [0.1, 0.15) is 5.69 Å². The van der Waals surface area contributed by atoms with Crippen molar-refractivity contribution in [3.05, 3.63) is 85.4 Å². The number of hydrogen-bond acceptors (Lipinski definition) is 11. The fourth-order valence-corrected chi connectivity index (χ4v) is 7.34. The van der Waals surface area contributed by atoms with Crippen molar-refractivity contribution in [2.24, 2.45) is 0 Å². The van der Waals surface area contributed by atoms with E-state index in [0.29, 0.717) is 23.1 Å². The Kier molecular flexibility index (Phi) is 19.4. The molecule has 0 bridgehead atoms. The van der Waals surface area contributed by atoms with E-state index in [1.807, 2.05) is 64.3 Å². The minimum atomic E-state index is -0.314. The maximum absolute atomic E-state index is 12.6. The summed E-state index contributed by atoms with van der Waals surface area (Å²) in [7, 11) is 0. The maximum atomic E-state index is 12.6. The molecule has 2 N–H and O–H groups in total. The Labute approximate surface area is 326 Å². The molecule has 0 spiro atoms. The van der Waals surface area contributed by atoms with Gasteiger partial charge in [-0.2, -0.15) is 9.13 Å². The van der Waals surface area contributed by atoms with Crippen molar-refractivity contribution >= 4 is 56.8 Å². The number of nitrogens with zero attached hydrogens (tertiary/aromatic N) is 4. The molecule has 0 aliphatic rings. The number of carbonyl (C=O) groups is 3. The molecule has 0 radical (unpaired) electrons. The highest BCUT2D eigenvalue weighted by molar-refractivity contribution is 7.14. The summed E-state index contributed by atoms with van der Waals surface area (Å²) in [5.74, 6) is -0.240. The number of esters is 1. The van der Waals surface area contributed by atoms with Gasteiger partial charge in [0.25, 0.3) is 11.7 Å². The monoisotopic (exact) mass is 839 g/mol. The highest BCUT2D eigenvalue weighted by Gasteiger charge is 2.23. The van der Waals surface area contributed by atoms with Crippen molar-refractivity contribution in [3.8, 4) is 11.3 Å². The third kappa shape index (κ3) is 13.6. The molecule has 1 aromatic carbocycles. The van der Waals surface area contributed by atoms with E-state index >= 15 is 0 Å². The third-order valence-corrected chi connectivity index (χ3v) is 10.6. The number of hydrogen-bond donors (Lipinski definition) is 2. The first-order chi connectivity index (χ1) is 23.7. The van der Waals surface area contributed by atoms with Gasteiger partial charge >= 0.3 is 5.97 Å². The number of Topliss-reactive ketones (excluding diaryl/α,β-unsaturated/α-hetero) is 1. The van der Waals surface area contributed by atoms with Gasteiger partial charge in [0.2, 0.25) is 29.9 Å². The number of ether oxygens (including phenoxy) is 1. The normalized spacial score (nSPS) is 10.4. The molecule has 5 aromatic rings. The lowest BCUT2D eigenvalue weighted by Gasteiger charge is -1.99. The molecule has 276 valence electrons. The number of nitrogens with one attached hydrogen (secondary N) is 1. The van der Waals surface area contributed by atoms with Gasteiger partial charge in [-0.05, 0) is 33.1 Å². The van der Waals surface area contributed by atoms with E-state index in [2.05, 4.69) is 22.4 Å². The van der Waals surface area contributed by atoms with E-state index in [9.17, 15) is 14.4 Å². The molecule has 0 saturated carbocycles. The van der Waals surface area contributed by atoms with Gasteiger partial charge in [-0.25, -0.2) is 4.98 Å². The molecule has 0 fully saturated rings. The van der Waals surface area contributed by atoms with Gasteiger partial charge < -0.3 is 43.8 Å². The van der Waals surface area contributed by atoms with Crippen molar-refractivity contribution < 1.29 is 67.3 Å². The Morgan fingerprint density at radius 1 is 0.941 bits per heavy atom. The first-order valence-corrected chi connectivity index (χ1v) is 18.8. The van der Waals surface area contributed by atoms with E-state index < -0.39 is 0 Å². The molecule has 0 aliphatic heterocycles. The van der Waals surface area contributed by atoms with Crippen LogP contribution in [0.3, 0.4) is 0 Å². The van der Waals surface area contributed by atoms with E-state index in [1.54, 1.807) is 41.0 Å². The number of thiazole rings is 3. The number of rotatable bonds is 16. The van der Waals surface area contributed by atoms with Crippen molar-refractivity contribution in [2.75, 3.05) is 18.5 Å². The molecule has 16 heteroatoms. The Balaban J connectivity index is 0.000000347. The second-order valence-corrected chi connectivity index (χ2v) is 14.1. The van der Waals surface area contributed by atoms with Crippen LogP contribution in [0.1, 0.15) is 70.0 Å². The van der Waals surface area contributed by atoms with Crippen molar-refractivity contribution in [2.45, 2.75) is 79.3 Å². The van der Waals surface area contributed by atoms with Crippen LogP contribution in [0.2, 0.25) is 0 Å². The van der Waals surface area contributed by atoms with E-state index in [4.69, 9.17) is 14.4 Å². The molecule has 4 heterocycles. The van der Waals surface area contributed by atoms with Gasteiger partial charge in [0.15, 0.2) is 16.5 Å². The molecular weight excluding hydrogens is 798 g/mol. The number of unbranched alkanes of at least 4 members (excludes halogenated alkanes) is 3. The first kappa shape index (κ1) is 43.8. The molecule has 0 saturated heterocycles. The lowest BCUT2D eigenvalue weighted by molar-refractivity contribution is -0.685. The molecule has 0 atom stereocenters. The SMILES string of the molecule is CCOC(=O)Cc1csc(NC(=O)C[n+]2csc(C)c2C)n1.Cc1c(CCCCCCO)sc[n+]1CC(=O)c1cc(-c2ccccc2)no1.[Br-].[Cl-]. The number of ketones is 1. The zero-order valence-corrected chi connectivity index (χ0v) is 33.8. The molecule has 51 heavy (non-hydrogen) atoms. The highest BCUT2D eigenvalue weighted by Crippen LogP contribution is 2.20. The number of aliphatic hydroxyl groups excluding tert-OH is 1. The number of amides is 1. The third-order valence-electron chi connectivity index (χ3n) is 7.68. The van der Waals surface area contributed by atoms with Gasteiger partial charge in [-0.15, -0.1) is 11.3 Å². The van der Waals surface area contributed by atoms with Gasteiger partial charge in [-0.3, -0.25) is 19.7 Å². The lowest BCUT2D eigenvalue weighted by Crippen LogP contribution is -3.00. The summed E-state index contributed by atoms with van der Waals surface area (Å²) >= 11 is 4.61. The maximum Gasteiger partial charge on any atom is 0.311 e. The van der Waals surface area contributed by atoms with E-state index in [1.165, 1.54) is 21.1 Å². The standard InChI is InChI=1S/C21H25N2O3S.C14H17N3O3S2.BrH.ClH/c1-16-21(11-7-2-3-8-12-24)27-15-23(16)14-19(25)20-13-18(22-26-20)17-9-5-4-6-10-17;1-4-20-13(19)5-11-7-21-14(15-11)16-12(18)6-17-8-22-10(3)9(17)2;;/h4-6,9-10,13,15,24H,2-3,7-8,11-12,14H2,1H3;7-8H,4-6H2,1-3H3;2*1H/q+1;;;/p-1. The summed E-state index contributed by atoms with van der Waals surface area (Å²) in [6.45, 7) is 8.96. The topological polar surface area (TPSA) is 139 Å². The summed E-state index contributed by atoms with van der Waals surface area (Å²) in [5, 5.41) is 17.8. The van der Waals surface area contributed by atoms with Crippen LogP contribution in [0.25, 0.3) is 11.3 Å². The fourth-order valence-electron chi connectivity index (χ4n) is 4.77. The number of benzene rings is 1. The Morgan fingerprint density at radius 2 is 1.65 bits per heavy atom. The zero-order chi connectivity index (χ0) is 35.2. The van der Waals surface area contributed by atoms with E-state index in [-0.39, 0.29) is 78.9 Å². The number of aryl methyl sites for hydroxylation is 2. The highest BCUT2D eigenvalue weighted by atomic mass is 79.9. The average molecular weight is 841 g/mol.